The van der Waals surface area contributed by atoms with E-state index in [1.165, 1.54) is 43.2 Å². The Hall–Kier alpha value is -2.57. The molecule has 0 aliphatic carbocycles. The third kappa shape index (κ3) is 5.99. The molecule has 2 saturated heterocycles. The van der Waals surface area contributed by atoms with Crippen LogP contribution in [-0.2, 0) is 20.0 Å². The van der Waals surface area contributed by atoms with Crippen LogP contribution in [0.2, 0.25) is 0 Å². The fourth-order valence-electron chi connectivity index (χ4n) is 4.73. The fourth-order valence-corrected chi connectivity index (χ4v) is 4.73. The molecule has 0 amide bonds. The molecule has 0 radical (unpaired) electrons. The molecule has 7 heteroatoms. The van der Waals surface area contributed by atoms with Crippen molar-refractivity contribution in [2.45, 2.75) is 52.0 Å². The van der Waals surface area contributed by atoms with Crippen molar-refractivity contribution in [3.8, 4) is 0 Å². The second kappa shape index (κ2) is 10.6. The lowest BCUT2D eigenvalue weighted by Crippen LogP contribution is -2.40. The highest BCUT2D eigenvalue weighted by Gasteiger charge is 2.25. The molecule has 0 saturated carbocycles. The van der Waals surface area contributed by atoms with Crippen LogP contribution in [-0.4, -0.2) is 58.3 Å². The zero-order valence-electron chi connectivity index (χ0n) is 19.1. The quantitative estimate of drug-likeness (QED) is 0.571. The lowest BCUT2D eigenvalue weighted by Gasteiger charge is -2.22. The number of hydrogen-bond acceptors (Lipinski definition) is 4. The van der Waals surface area contributed by atoms with Gasteiger partial charge in [-0.25, -0.2) is 9.98 Å². The molecule has 0 aromatic carbocycles. The van der Waals surface area contributed by atoms with Gasteiger partial charge in [-0.15, -0.1) is 0 Å². The number of aryl methyl sites for hydroxylation is 1. The van der Waals surface area contributed by atoms with E-state index in [4.69, 9.17) is 4.99 Å². The average Bonchev–Trinajstić information content (AvgIpc) is 3.31. The summed E-state index contributed by atoms with van der Waals surface area (Å²) >= 11 is 0. The second-order valence-electron chi connectivity index (χ2n) is 8.92. The van der Waals surface area contributed by atoms with E-state index in [9.17, 15) is 0 Å². The molecule has 1 N–H and O–H groups in total. The smallest absolute Gasteiger partial charge is 0.194 e. The summed E-state index contributed by atoms with van der Waals surface area (Å²) in [5.41, 5.74) is 2.56. The Balaban J connectivity index is 1.38. The number of anilines is 1. The largest absolute Gasteiger partial charge is 0.357 e. The molecule has 2 aliphatic heterocycles. The van der Waals surface area contributed by atoms with Crippen molar-refractivity contribution in [2.24, 2.45) is 18.0 Å². The summed E-state index contributed by atoms with van der Waals surface area (Å²) in [4.78, 5) is 14.5. The minimum absolute atomic E-state index is 0.656. The SMILES string of the molecule is CCNC(=NCc1ccnc(N2CCCCCC2)c1)N1CCC(Cc2cnn(C)c2)C1. The van der Waals surface area contributed by atoms with Gasteiger partial charge in [0.25, 0.3) is 0 Å². The van der Waals surface area contributed by atoms with E-state index in [0.29, 0.717) is 12.5 Å². The monoisotopic (exact) mass is 423 g/mol. The number of guanidine groups is 1. The molecule has 1 atom stereocenters. The van der Waals surface area contributed by atoms with Crippen molar-refractivity contribution in [3.63, 3.8) is 0 Å². The topological polar surface area (TPSA) is 61.6 Å². The minimum Gasteiger partial charge on any atom is -0.357 e. The van der Waals surface area contributed by atoms with Crippen molar-refractivity contribution in [3.05, 3.63) is 41.9 Å². The lowest BCUT2D eigenvalue weighted by atomic mass is 10.0. The van der Waals surface area contributed by atoms with Gasteiger partial charge in [-0.3, -0.25) is 4.68 Å². The Morgan fingerprint density at radius 2 is 2.00 bits per heavy atom. The van der Waals surface area contributed by atoms with Gasteiger partial charge in [0.1, 0.15) is 5.82 Å². The van der Waals surface area contributed by atoms with Gasteiger partial charge in [-0.05, 0) is 61.8 Å². The van der Waals surface area contributed by atoms with Gasteiger partial charge in [0.05, 0.1) is 12.7 Å². The molecule has 7 nitrogen and oxygen atoms in total. The highest BCUT2D eigenvalue weighted by molar-refractivity contribution is 5.80. The summed E-state index contributed by atoms with van der Waals surface area (Å²) in [5, 5.41) is 7.81. The molecule has 1 unspecified atom stereocenters. The van der Waals surface area contributed by atoms with E-state index < -0.39 is 0 Å². The van der Waals surface area contributed by atoms with Crippen molar-refractivity contribution in [1.29, 1.82) is 0 Å². The van der Waals surface area contributed by atoms with E-state index in [2.05, 4.69) is 50.5 Å². The summed E-state index contributed by atoms with van der Waals surface area (Å²) < 4.78 is 1.89. The maximum atomic E-state index is 4.98. The molecule has 0 bridgehead atoms. The number of nitrogens with one attached hydrogen (secondary N) is 1. The van der Waals surface area contributed by atoms with Crippen LogP contribution in [0.5, 0.6) is 0 Å². The first kappa shape index (κ1) is 21.7. The number of aromatic nitrogens is 3. The van der Waals surface area contributed by atoms with Gasteiger partial charge < -0.3 is 15.1 Å². The van der Waals surface area contributed by atoms with Crippen LogP contribution >= 0.6 is 0 Å². The third-order valence-electron chi connectivity index (χ3n) is 6.35. The zero-order chi connectivity index (χ0) is 21.5. The van der Waals surface area contributed by atoms with E-state index in [0.717, 1.165) is 50.9 Å². The highest BCUT2D eigenvalue weighted by Crippen LogP contribution is 2.22. The number of pyridine rings is 1. The van der Waals surface area contributed by atoms with E-state index in [-0.39, 0.29) is 0 Å². The van der Waals surface area contributed by atoms with Crippen LogP contribution in [0, 0.1) is 5.92 Å². The number of hydrogen-bond donors (Lipinski definition) is 1. The molecular formula is C24H37N7. The van der Waals surface area contributed by atoms with Crippen molar-refractivity contribution < 1.29 is 0 Å². The van der Waals surface area contributed by atoms with Crippen LogP contribution < -0.4 is 10.2 Å². The Labute approximate surface area is 186 Å². The van der Waals surface area contributed by atoms with Crippen LogP contribution in [0.15, 0.2) is 35.7 Å². The zero-order valence-corrected chi connectivity index (χ0v) is 19.1. The summed E-state index contributed by atoms with van der Waals surface area (Å²) in [6.45, 7) is 8.07. The molecule has 2 aromatic heterocycles. The number of aliphatic imine (C=N–C) groups is 1. The summed E-state index contributed by atoms with van der Waals surface area (Å²) in [7, 11) is 1.98. The Morgan fingerprint density at radius 1 is 1.16 bits per heavy atom. The van der Waals surface area contributed by atoms with Crippen LogP contribution in [0.1, 0.15) is 50.2 Å². The lowest BCUT2D eigenvalue weighted by molar-refractivity contribution is 0.460. The van der Waals surface area contributed by atoms with E-state index in [1.807, 2.05) is 24.1 Å². The van der Waals surface area contributed by atoms with Crippen molar-refractivity contribution >= 4 is 11.8 Å². The first-order valence-corrected chi connectivity index (χ1v) is 11.9. The number of likely N-dealkylation sites (tertiary alicyclic amines) is 1. The fraction of sp³-hybridized carbons (Fsp3) is 0.625. The Bertz CT molecular complexity index is 851. The second-order valence-corrected chi connectivity index (χ2v) is 8.92. The van der Waals surface area contributed by atoms with Gasteiger partial charge in [0, 0.05) is 52.2 Å². The van der Waals surface area contributed by atoms with Gasteiger partial charge in [0.15, 0.2) is 5.96 Å². The van der Waals surface area contributed by atoms with Crippen molar-refractivity contribution in [2.75, 3.05) is 37.6 Å². The van der Waals surface area contributed by atoms with Gasteiger partial charge >= 0.3 is 0 Å². The molecule has 31 heavy (non-hydrogen) atoms. The van der Waals surface area contributed by atoms with E-state index >= 15 is 0 Å². The first-order chi connectivity index (χ1) is 15.2. The third-order valence-corrected chi connectivity index (χ3v) is 6.35. The molecule has 168 valence electrons. The van der Waals surface area contributed by atoms with Crippen LogP contribution in [0.4, 0.5) is 5.82 Å². The Kier molecular flexibility index (Phi) is 7.43. The summed E-state index contributed by atoms with van der Waals surface area (Å²) in [6.07, 6.45) is 13.6. The van der Waals surface area contributed by atoms with Gasteiger partial charge in [-0.1, -0.05) is 12.8 Å². The van der Waals surface area contributed by atoms with Crippen LogP contribution in [0.25, 0.3) is 0 Å². The van der Waals surface area contributed by atoms with Crippen molar-refractivity contribution in [1.82, 2.24) is 25.0 Å². The first-order valence-electron chi connectivity index (χ1n) is 11.9. The molecule has 2 aliphatic rings. The standard InChI is InChI=1S/C24H37N7/c1-3-25-24(31-13-9-21(19-31)14-22-17-28-29(2)18-22)27-16-20-8-10-26-23(15-20)30-11-6-4-5-7-12-30/h8,10,15,17-18,21H,3-7,9,11-14,16,19H2,1-2H3,(H,25,27). The minimum atomic E-state index is 0.656. The van der Waals surface area contributed by atoms with E-state index in [1.54, 1.807) is 0 Å². The predicted octanol–water partition coefficient (Wildman–Crippen LogP) is 3.23. The normalized spacial score (nSPS) is 20.2. The number of rotatable bonds is 6. The Morgan fingerprint density at radius 3 is 2.74 bits per heavy atom. The van der Waals surface area contributed by atoms with Gasteiger partial charge in [-0.2, -0.15) is 5.10 Å². The summed E-state index contributed by atoms with van der Waals surface area (Å²) in [6, 6.07) is 4.33. The molecule has 2 aromatic rings. The number of nitrogens with zero attached hydrogens (tertiary/aromatic N) is 6. The van der Waals surface area contributed by atoms with Gasteiger partial charge in [0.2, 0.25) is 0 Å². The molecular weight excluding hydrogens is 386 g/mol. The summed E-state index contributed by atoms with van der Waals surface area (Å²) in [5.74, 6) is 2.80. The highest BCUT2D eigenvalue weighted by atomic mass is 15.3. The maximum absolute atomic E-state index is 4.98. The predicted molar refractivity (Wildman–Crippen MR) is 126 cm³/mol. The molecule has 4 heterocycles. The molecule has 0 spiro atoms. The average molecular weight is 424 g/mol. The molecule has 2 fully saturated rings. The van der Waals surface area contributed by atoms with Crippen LogP contribution in [0.3, 0.4) is 0 Å². The maximum Gasteiger partial charge on any atom is 0.194 e. The molecule has 4 rings (SSSR count).